The smallest absolute Gasteiger partial charge is 0.320 e. The lowest BCUT2D eigenvalue weighted by atomic mass is 10.1. The molecule has 0 unspecified atom stereocenters. The van der Waals surface area contributed by atoms with Crippen LogP contribution >= 0.6 is 0 Å². The third kappa shape index (κ3) is 8.57. The fourth-order valence-corrected chi connectivity index (χ4v) is 1.93. The quantitative estimate of drug-likeness (QED) is 0.453. The third-order valence-electron chi connectivity index (χ3n) is 3.23. The Labute approximate surface area is 135 Å². The number of carbonyl (C=O) groups excluding carboxylic acids is 2. The van der Waals surface area contributed by atoms with E-state index in [1.807, 2.05) is 30.3 Å². The van der Waals surface area contributed by atoms with Crippen LogP contribution < -0.4 is 16.4 Å². The zero-order valence-electron chi connectivity index (χ0n) is 13.0. The van der Waals surface area contributed by atoms with E-state index < -0.39 is 12.0 Å². The van der Waals surface area contributed by atoms with Crippen LogP contribution in [-0.2, 0) is 20.8 Å². The minimum atomic E-state index is -1.02. The zero-order chi connectivity index (χ0) is 17.1. The van der Waals surface area contributed by atoms with E-state index in [1.165, 1.54) is 0 Å². The average Bonchev–Trinajstić information content (AvgIpc) is 2.53. The van der Waals surface area contributed by atoms with E-state index in [4.69, 9.17) is 10.8 Å². The zero-order valence-corrected chi connectivity index (χ0v) is 13.0. The van der Waals surface area contributed by atoms with Crippen LogP contribution in [0.15, 0.2) is 30.3 Å². The molecular weight excluding hydrogens is 298 g/mol. The lowest BCUT2D eigenvalue weighted by molar-refractivity contribution is -0.138. The Kier molecular flexibility index (Phi) is 8.38. The van der Waals surface area contributed by atoms with Crippen molar-refractivity contribution in [2.75, 3.05) is 13.1 Å². The number of aliphatic carboxylic acids is 1. The van der Waals surface area contributed by atoms with Crippen molar-refractivity contribution in [3.05, 3.63) is 35.9 Å². The Hall–Kier alpha value is -2.41. The van der Waals surface area contributed by atoms with Crippen molar-refractivity contribution in [1.82, 2.24) is 10.6 Å². The molecule has 0 radical (unpaired) electrons. The van der Waals surface area contributed by atoms with Gasteiger partial charge in [0.15, 0.2) is 0 Å². The third-order valence-corrected chi connectivity index (χ3v) is 3.23. The molecule has 7 heteroatoms. The highest BCUT2D eigenvalue weighted by Gasteiger charge is 2.10. The van der Waals surface area contributed by atoms with Crippen molar-refractivity contribution in [3.63, 3.8) is 0 Å². The molecule has 0 spiro atoms. The molecule has 1 rings (SSSR count). The normalized spacial score (nSPS) is 11.5. The molecule has 0 saturated carbocycles. The van der Waals surface area contributed by atoms with Crippen molar-refractivity contribution >= 4 is 17.8 Å². The fourth-order valence-electron chi connectivity index (χ4n) is 1.93. The van der Waals surface area contributed by atoms with Crippen LogP contribution in [0.4, 0.5) is 0 Å². The Balaban J connectivity index is 2.08. The number of hydrogen-bond acceptors (Lipinski definition) is 4. The number of nitrogens with two attached hydrogens (primary N) is 1. The number of unbranched alkanes of at least 4 members (excludes halogenated alkanes) is 1. The maximum absolute atomic E-state index is 11.7. The molecule has 1 atom stereocenters. The summed E-state index contributed by atoms with van der Waals surface area (Å²) in [4.78, 5) is 33.7. The van der Waals surface area contributed by atoms with Gasteiger partial charge in [0.1, 0.15) is 6.04 Å². The number of hydrogen-bond donors (Lipinski definition) is 4. The van der Waals surface area contributed by atoms with Gasteiger partial charge in [-0.05, 0) is 24.8 Å². The van der Waals surface area contributed by atoms with E-state index in [0.29, 0.717) is 25.8 Å². The first-order valence-electron chi connectivity index (χ1n) is 7.54. The molecule has 1 aromatic carbocycles. The first-order chi connectivity index (χ1) is 11.0. The second-order valence-electron chi connectivity index (χ2n) is 5.23. The highest BCUT2D eigenvalue weighted by atomic mass is 16.4. The van der Waals surface area contributed by atoms with Gasteiger partial charge in [-0.15, -0.1) is 0 Å². The maximum Gasteiger partial charge on any atom is 0.320 e. The van der Waals surface area contributed by atoms with Gasteiger partial charge in [-0.2, -0.15) is 0 Å². The summed E-state index contributed by atoms with van der Waals surface area (Å²) < 4.78 is 0. The molecule has 0 saturated heterocycles. The minimum Gasteiger partial charge on any atom is -0.480 e. The predicted octanol–water partition coefficient (Wildman–Crippen LogP) is 0.0437. The van der Waals surface area contributed by atoms with Gasteiger partial charge in [0.2, 0.25) is 11.8 Å². The standard InChI is InChI=1S/C16H23N3O4/c17-13(16(22)23)8-4-5-9-18-15(21)11-19-14(20)10-12-6-2-1-3-7-12/h1-3,6-7,13H,4-5,8-11,17H2,(H,18,21)(H,19,20)(H,22,23)/t13-/m0/s1. The molecule has 126 valence electrons. The number of nitrogens with one attached hydrogen (secondary N) is 2. The van der Waals surface area contributed by atoms with Gasteiger partial charge in [0.05, 0.1) is 13.0 Å². The van der Waals surface area contributed by atoms with Gasteiger partial charge < -0.3 is 21.5 Å². The van der Waals surface area contributed by atoms with Crippen molar-refractivity contribution in [1.29, 1.82) is 0 Å². The van der Waals surface area contributed by atoms with Crippen LogP contribution in [0.3, 0.4) is 0 Å². The molecule has 0 heterocycles. The van der Waals surface area contributed by atoms with Crippen LogP contribution in [0.5, 0.6) is 0 Å². The molecule has 0 aromatic heterocycles. The van der Waals surface area contributed by atoms with E-state index >= 15 is 0 Å². The van der Waals surface area contributed by atoms with Gasteiger partial charge in [-0.25, -0.2) is 0 Å². The summed E-state index contributed by atoms with van der Waals surface area (Å²) in [6.45, 7) is 0.361. The van der Waals surface area contributed by atoms with Gasteiger partial charge in [0, 0.05) is 6.54 Å². The summed E-state index contributed by atoms with van der Waals surface area (Å²) >= 11 is 0. The lowest BCUT2D eigenvalue weighted by Crippen LogP contribution is -2.38. The fraction of sp³-hybridized carbons (Fsp3) is 0.438. The summed E-state index contributed by atoms with van der Waals surface area (Å²) in [6.07, 6.45) is 1.87. The Bertz CT molecular complexity index is 519. The number of carboxylic acids is 1. The molecular formula is C16H23N3O4. The number of amides is 2. The average molecular weight is 321 g/mol. The minimum absolute atomic E-state index is 0.0691. The van der Waals surface area contributed by atoms with Crippen molar-refractivity contribution in [2.45, 2.75) is 31.7 Å². The highest BCUT2D eigenvalue weighted by Crippen LogP contribution is 1.99. The molecule has 0 aliphatic carbocycles. The summed E-state index contributed by atoms with van der Waals surface area (Å²) in [5.74, 6) is -1.50. The number of benzene rings is 1. The molecule has 5 N–H and O–H groups in total. The first-order valence-corrected chi connectivity index (χ1v) is 7.54. The first kappa shape index (κ1) is 18.6. The molecule has 2 amide bonds. The van der Waals surface area contributed by atoms with Crippen molar-refractivity contribution in [3.8, 4) is 0 Å². The van der Waals surface area contributed by atoms with E-state index in [1.54, 1.807) is 0 Å². The monoisotopic (exact) mass is 321 g/mol. The van der Waals surface area contributed by atoms with E-state index in [-0.39, 0.29) is 24.8 Å². The maximum atomic E-state index is 11.7. The SMILES string of the molecule is N[C@@H](CCCCNC(=O)CNC(=O)Cc1ccccc1)C(=O)O. The molecule has 0 aliphatic heterocycles. The summed E-state index contributed by atoms with van der Waals surface area (Å²) in [7, 11) is 0. The molecule has 23 heavy (non-hydrogen) atoms. The summed E-state index contributed by atoms with van der Waals surface area (Å²) in [5.41, 5.74) is 6.26. The van der Waals surface area contributed by atoms with E-state index in [2.05, 4.69) is 10.6 Å². The van der Waals surface area contributed by atoms with E-state index in [0.717, 1.165) is 5.56 Å². The molecule has 0 aliphatic rings. The highest BCUT2D eigenvalue weighted by molar-refractivity contribution is 5.85. The van der Waals surface area contributed by atoms with Gasteiger partial charge >= 0.3 is 5.97 Å². The van der Waals surface area contributed by atoms with Gasteiger partial charge in [-0.3, -0.25) is 14.4 Å². The number of rotatable bonds is 10. The second-order valence-corrected chi connectivity index (χ2v) is 5.23. The molecule has 0 fully saturated rings. The molecule has 7 nitrogen and oxygen atoms in total. The predicted molar refractivity (Wildman–Crippen MR) is 85.6 cm³/mol. The van der Waals surface area contributed by atoms with Crippen molar-refractivity contribution < 1.29 is 19.5 Å². The summed E-state index contributed by atoms with van der Waals surface area (Å²) in [6, 6.07) is 8.42. The lowest BCUT2D eigenvalue weighted by Gasteiger charge is -2.08. The Morgan fingerprint density at radius 1 is 1.04 bits per heavy atom. The largest absolute Gasteiger partial charge is 0.480 e. The molecule has 1 aromatic rings. The second kappa shape index (κ2) is 10.3. The van der Waals surface area contributed by atoms with Gasteiger partial charge in [0.25, 0.3) is 0 Å². The van der Waals surface area contributed by atoms with Crippen LogP contribution in [-0.4, -0.2) is 42.0 Å². The van der Waals surface area contributed by atoms with Gasteiger partial charge in [-0.1, -0.05) is 30.3 Å². The van der Waals surface area contributed by atoms with E-state index in [9.17, 15) is 14.4 Å². The Morgan fingerprint density at radius 2 is 1.74 bits per heavy atom. The summed E-state index contributed by atoms with van der Waals surface area (Å²) in [5, 5.41) is 13.8. The Morgan fingerprint density at radius 3 is 2.39 bits per heavy atom. The number of carbonyl (C=O) groups is 3. The number of carboxylic acid groups (broad SMARTS) is 1. The van der Waals surface area contributed by atoms with Crippen LogP contribution in [0.1, 0.15) is 24.8 Å². The van der Waals surface area contributed by atoms with Crippen LogP contribution in [0.2, 0.25) is 0 Å². The van der Waals surface area contributed by atoms with Crippen LogP contribution in [0.25, 0.3) is 0 Å². The molecule has 0 bridgehead atoms. The van der Waals surface area contributed by atoms with Crippen LogP contribution in [0, 0.1) is 0 Å². The topological polar surface area (TPSA) is 122 Å². The van der Waals surface area contributed by atoms with Crippen molar-refractivity contribution in [2.24, 2.45) is 5.73 Å².